The third kappa shape index (κ3) is 6.78. The molecule has 4 N–H and O–H groups in total. The van der Waals surface area contributed by atoms with Crippen LogP contribution in [0, 0.1) is 5.82 Å². The van der Waals surface area contributed by atoms with Gasteiger partial charge in [0.2, 0.25) is 5.78 Å². The van der Waals surface area contributed by atoms with Crippen LogP contribution >= 0.6 is 0 Å². The van der Waals surface area contributed by atoms with Crippen LogP contribution in [0.15, 0.2) is 73.3 Å². The van der Waals surface area contributed by atoms with Crippen LogP contribution in [-0.4, -0.2) is 75.6 Å². The van der Waals surface area contributed by atoms with Crippen LogP contribution in [0.4, 0.5) is 10.2 Å². The van der Waals surface area contributed by atoms with E-state index in [9.17, 15) is 27.8 Å². The summed E-state index contributed by atoms with van der Waals surface area (Å²) in [5, 5.41) is 28.1. The number of hydrogen-bond donors (Lipinski definition) is 4. The molecule has 0 radical (unpaired) electrons. The SMILES string of the molecule is CNS(=O)(=O)O[C@@H]1C[C@@H](Nc2ncncc2C(=O)c2ccn(Cc3cccc(Oc4ccc(F)cc4)c3)n2)[C@H](O)[C@H]1O. The molecule has 0 saturated heterocycles. The molecule has 2 heterocycles. The lowest BCUT2D eigenvalue weighted by atomic mass is 10.1. The van der Waals surface area contributed by atoms with Gasteiger partial charge in [0, 0.05) is 25.9 Å². The Bertz CT molecular complexity index is 1670. The maximum Gasteiger partial charge on any atom is 0.335 e. The average Bonchev–Trinajstić information content (AvgIpc) is 3.54. The van der Waals surface area contributed by atoms with Gasteiger partial charge in [-0.05, 0) is 48.0 Å². The maximum atomic E-state index is 13.4. The molecule has 2 aromatic heterocycles. The molecule has 4 aromatic rings. The lowest BCUT2D eigenvalue weighted by Gasteiger charge is -2.19. The maximum absolute atomic E-state index is 13.4. The number of halogens is 1. The normalized spacial score (nSPS) is 20.4. The predicted molar refractivity (Wildman–Crippen MR) is 147 cm³/mol. The highest BCUT2D eigenvalue weighted by atomic mass is 32.2. The minimum absolute atomic E-state index is 0.0614. The van der Waals surface area contributed by atoms with Gasteiger partial charge in [-0.2, -0.15) is 18.2 Å². The van der Waals surface area contributed by atoms with Gasteiger partial charge < -0.3 is 20.3 Å². The topological polar surface area (TPSA) is 178 Å². The average molecular weight is 599 g/mol. The molecule has 42 heavy (non-hydrogen) atoms. The Labute approximate surface area is 240 Å². The number of hydrogen-bond acceptors (Lipinski definition) is 11. The molecule has 0 aliphatic heterocycles. The molecular weight excluding hydrogens is 571 g/mol. The van der Waals surface area contributed by atoms with Crippen LogP contribution in [-0.2, 0) is 21.0 Å². The highest BCUT2D eigenvalue weighted by Gasteiger charge is 2.44. The van der Waals surface area contributed by atoms with Gasteiger partial charge in [-0.25, -0.2) is 14.4 Å². The van der Waals surface area contributed by atoms with Gasteiger partial charge in [-0.3, -0.25) is 13.7 Å². The molecule has 5 rings (SSSR count). The highest BCUT2D eigenvalue weighted by Crippen LogP contribution is 2.28. The van der Waals surface area contributed by atoms with Crippen molar-refractivity contribution in [1.29, 1.82) is 0 Å². The second-order valence-corrected chi connectivity index (χ2v) is 11.0. The number of aromatic nitrogens is 4. The Morgan fingerprint density at radius 3 is 2.67 bits per heavy atom. The van der Waals surface area contributed by atoms with Crippen LogP contribution in [0.5, 0.6) is 11.5 Å². The zero-order valence-electron chi connectivity index (χ0n) is 22.2. The van der Waals surface area contributed by atoms with Crippen LogP contribution in [0.3, 0.4) is 0 Å². The first-order chi connectivity index (χ1) is 20.1. The Morgan fingerprint density at radius 2 is 1.90 bits per heavy atom. The van der Waals surface area contributed by atoms with Gasteiger partial charge in [0.1, 0.15) is 53.5 Å². The van der Waals surface area contributed by atoms with E-state index >= 15 is 0 Å². The van der Waals surface area contributed by atoms with E-state index in [-0.39, 0.29) is 29.3 Å². The first-order valence-corrected chi connectivity index (χ1v) is 14.2. The lowest BCUT2D eigenvalue weighted by molar-refractivity contribution is -0.00882. The third-order valence-electron chi connectivity index (χ3n) is 6.57. The van der Waals surface area contributed by atoms with Crippen molar-refractivity contribution in [2.75, 3.05) is 12.4 Å². The molecule has 13 nitrogen and oxygen atoms in total. The molecular formula is C27H27FN6O7S. The van der Waals surface area contributed by atoms with E-state index in [1.165, 1.54) is 36.8 Å². The van der Waals surface area contributed by atoms with Crippen molar-refractivity contribution in [3.63, 3.8) is 0 Å². The number of ether oxygens (including phenoxy) is 1. The molecule has 1 aliphatic rings. The zero-order chi connectivity index (χ0) is 29.9. The van der Waals surface area contributed by atoms with Gasteiger partial charge in [0.15, 0.2) is 0 Å². The van der Waals surface area contributed by atoms with Crippen LogP contribution in [0.2, 0.25) is 0 Å². The number of carbonyl (C=O) groups excluding carboxylic acids is 1. The van der Waals surface area contributed by atoms with Crippen molar-refractivity contribution >= 4 is 21.9 Å². The summed E-state index contributed by atoms with van der Waals surface area (Å²) in [6.45, 7) is 0.327. The van der Waals surface area contributed by atoms with Crippen LogP contribution in [0.1, 0.15) is 28.0 Å². The van der Waals surface area contributed by atoms with Crippen LogP contribution in [0.25, 0.3) is 0 Å². The quantitative estimate of drug-likeness (QED) is 0.185. The molecule has 0 bridgehead atoms. The van der Waals surface area contributed by atoms with Gasteiger partial charge in [-0.15, -0.1) is 0 Å². The van der Waals surface area contributed by atoms with Crippen LogP contribution < -0.4 is 14.8 Å². The number of aliphatic hydroxyl groups is 2. The van der Waals surface area contributed by atoms with Crippen molar-refractivity contribution in [3.8, 4) is 11.5 Å². The molecule has 4 atom stereocenters. The lowest BCUT2D eigenvalue weighted by Crippen LogP contribution is -2.38. The summed E-state index contributed by atoms with van der Waals surface area (Å²) in [5.74, 6) is 0.254. The molecule has 1 saturated carbocycles. The van der Waals surface area contributed by atoms with E-state index in [2.05, 4.69) is 20.4 Å². The molecule has 1 fully saturated rings. The fourth-order valence-corrected chi connectivity index (χ4v) is 5.08. The summed E-state index contributed by atoms with van der Waals surface area (Å²) in [7, 11) is -2.95. The first kappa shape index (κ1) is 29.2. The molecule has 2 aromatic carbocycles. The number of nitrogens with zero attached hydrogens (tertiary/aromatic N) is 4. The molecule has 0 amide bonds. The second-order valence-electron chi connectivity index (χ2n) is 9.48. The van der Waals surface area contributed by atoms with Gasteiger partial charge in [0.05, 0.1) is 18.2 Å². The van der Waals surface area contributed by atoms with E-state index < -0.39 is 40.4 Å². The van der Waals surface area contributed by atoms with E-state index in [1.54, 1.807) is 35.1 Å². The van der Waals surface area contributed by atoms with E-state index in [0.29, 0.717) is 18.0 Å². The molecule has 0 unspecified atom stereocenters. The molecule has 0 spiro atoms. The number of aliphatic hydroxyl groups excluding tert-OH is 2. The Hall–Kier alpha value is -4.28. The van der Waals surface area contributed by atoms with Crippen molar-refractivity contribution in [2.45, 2.75) is 37.3 Å². The number of benzene rings is 2. The first-order valence-electron chi connectivity index (χ1n) is 12.8. The van der Waals surface area contributed by atoms with Crippen molar-refractivity contribution in [2.24, 2.45) is 0 Å². The third-order valence-corrected chi connectivity index (χ3v) is 7.57. The van der Waals surface area contributed by atoms with E-state index in [4.69, 9.17) is 8.92 Å². The van der Waals surface area contributed by atoms with E-state index in [1.807, 2.05) is 10.8 Å². The number of anilines is 1. The standard InChI is InChI=1S/C27H27FN6O7S/c1-29-42(38,39)41-23-12-22(25(36)26(23)37)32-27-20(13-30-15-31-27)24(35)21-9-10-34(33-21)14-16-3-2-4-19(11-16)40-18-7-5-17(28)6-8-18/h2-11,13,15,22-23,25-26,29,36-37H,12,14H2,1H3,(H,30,31,32)/t22-,23-,25+,26+/m1/s1. The van der Waals surface area contributed by atoms with Gasteiger partial charge in [-0.1, -0.05) is 12.1 Å². The Kier molecular flexibility index (Phi) is 8.56. The summed E-state index contributed by atoms with van der Waals surface area (Å²) >= 11 is 0. The van der Waals surface area contributed by atoms with Crippen molar-refractivity contribution in [1.82, 2.24) is 24.5 Å². The number of ketones is 1. The molecule has 15 heteroatoms. The molecule has 1 aliphatic carbocycles. The fraction of sp³-hybridized carbons (Fsp3) is 0.259. The largest absolute Gasteiger partial charge is 0.457 e. The van der Waals surface area contributed by atoms with Gasteiger partial charge >= 0.3 is 10.3 Å². The van der Waals surface area contributed by atoms with Crippen molar-refractivity contribution < 1.29 is 36.7 Å². The minimum atomic E-state index is -4.11. The number of nitrogens with one attached hydrogen (secondary N) is 2. The monoisotopic (exact) mass is 598 g/mol. The predicted octanol–water partition coefficient (Wildman–Crippen LogP) is 1.64. The van der Waals surface area contributed by atoms with E-state index in [0.717, 1.165) is 12.6 Å². The summed E-state index contributed by atoms with van der Waals surface area (Å²) in [6, 6.07) is 13.6. The summed E-state index contributed by atoms with van der Waals surface area (Å²) < 4.78 is 50.9. The molecule has 220 valence electrons. The zero-order valence-corrected chi connectivity index (χ0v) is 23.0. The Morgan fingerprint density at radius 1 is 1.12 bits per heavy atom. The summed E-state index contributed by atoms with van der Waals surface area (Å²) in [6.07, 6.45) is -0.0617. The minimum Gasteiger partial charge on any atom is -0.457 e. The smallest absolute Gasteiger partial charge is 0.335 e. The number of carbonyl (C=O) groups is 1. The van der Waals surface area contributed by atoms with Gasteiger partial charge in [0.25, 0.3) is 0 Å². The highest BCUT2D eigenvalue weighted by molar-refractivity contribution is 7.84. The van der Waals surface area contributed by atoms with Crippen molar-refractivity contribution in [3.05, 3.63) is 96.0 Å². The summed E-state index contributed by atoms with van der Waals surface area (Å²) in [4.78, 5) is 21.4. The second kappa shape index (κ2) is 12.3. The Balaban J connectivity index is 1.27. The summed E-state index contributed by atoms with van der Waals surface area (Å²) in [5.41, 5.74) is 1.01. The number of rotatable bonds is 11. The fourth-order valence-electron chi connectivity index (χ4n) is 4.47.